The smallest absolute Gasteiger partial charge is 0.159 e. The lowest BCUT2D eigenvalue weighted by molar-refractivity contribution is 0.166. The monoisotopic (exact) mass is 271 g/mol. The largest absolute Gasteiger partial charge is 0.508 e. The van der Waals surface area contributed by atoms with Crippen LogP contribution in [0.3, 0.4) is 0 Å². The molecule has 1 aliphatic rings. The summed E-state index contributed by atoms with van der Waals surface area (Å²) >= 11 is 0. The Kier molecular flexibility index (Phi) is 3.78. The van der Waals surface area contributed by atoms with E-state index >= 15 is 0 Å². The quantitative estimate of drug-likeness (QED) is 0.893. The Morgan fingerprint density at radius 3 is 2.80 bits per heavy atom. The van der Waals surface area contributed by atoms with Crippen LogP contribution < -0.4 is 10.1 Å². The molecule has 5 heteroatoms. The fourth-order valence-corrected chi connectivity index (χ4v) is 2.28. The third-order valence-corrected chi connectivity index (χ3v) is 3.29. The van der Waals surface area contributed by atoms with E-state index < -0.39 is 0 Å². The van der Waals surface area contributed by atoms with Crippen LogP contribution in [0.5, 0.6) is 11.5 Å². The van der Waals surface area contributed by atoms with Crippen molar-refractivity contribution in [2.45, 2.75) is 18.9 Å². The van der Waals surface area contributed by atoms with Crippen LogP contribution in [0.2, 0.25) is 0 Å². The third kappa shape index (κ3) is 3.05. The Morgan fingerprint density at radius 2 is 2.10 bits per heavy atom. The number of phenolic OH excluding ortho intramolecular Hbond substituents is 1. The Balaban J connectivity index is 1.71. The molecular weight excluding hydrogens is 254 g/mol. The summed E-state index contributed by atoms with van der Waals surface area (Å²) in [5.41, 5.74) is 0.788. The van der Waals surface area contributed by atoms with E-state index in [4.69, 9.17) is 4.74 Å². The van der Waals surface area contributed by atoms with Gasteiger partial charge in [-0.25, -0.2) is 9.97 Å². The first-order chi connectivity index (χ1) is 9.81. The second kappa shape index (κ2) is 5.88. The normalized spacial score (nSPS) is 18.7. The number of piperidine rings is 1. The van der Waals surface area contributed by atoms with Gasteiger partial charge in [-0.15, -0.1) is 0 Å². The Morgan fingerprint density at radius 1 is 1.25 bits per heavy atom. The summed E-state index contributed by atoms with van der Waals surface area (Å²) in [5, 5.41) is 12.8. The minimum Gasteiger partial charge on any atom is -0.508 e. The van der Waals surface area contributed by atoms with Gasteiger partial charge in [0.25, 0.3) is 0 Å². The SMILES string of the molecule is Oc1cccc(-c2ncc(OC3CCCNC3)cn2)c1. The van der Waals surface area contributed by atoms with Crippen molar-refractivity contribution in [1.29, 1.82) is 0 Å². The number of phenols is 1. The summed E-state index contributed by atoms with van der Waals surface area (Å²) in [4.78, 5) is 8.58. The first-order valence-electron chi connectivity index (χ1n) is 6.80. The van der Waals surface area contributed by atoms with Crippen molar-refractivity contribution in [2.24, 2.45) is 0 Å². The summed E-state index contributed by atoms with van der Waals surface area (Å²) in [7, 11) is 0. The molecule has 1 aromatic carbocycles. The maximum atomic E-state index is 9.46. The Labute approximate surface area is 117 Å². The molecule has 2 N–H and O–H groups in total. The molecule has 104 valence electrons. The molecule has 2 heterocycles. The summed E-state index contributed by atoms with van der Waals surface area (Å²) in [5.74, 6) is 1.47. The van der Waals surface area contributed by atoms with Crippen LogP contribution in [0.15, 0.2) is 36.7 Å². The molecule has 0 radical (unpaired) electrons. The second-order valence-corrected chi connectivity index (χ2v) is 4.88. The highest BCUT2D eigenvalue weighted by Gasteiger charge is 2.14. The van der Waals surface area contributed by atoms with Gasteiger partial charge >= 0.3 is 0 Å². The molecule has 20 heavy (non-hydrogen) atoms. The summed E-state index contributed by atoms with van der Waals surface area (Å²) in [6.07, 6.45) is 5.75. The molecule has 1 unspecified atom stereocenters. The number of aromatic hydroxyl groups is 1. The van der Waals surface area contributed by atoms with Crippen LogP contribution in [-0.2, 0) is 0 Å². The molecule has 5 nitrogen and oxygen atoms in total. The van der Waals surface area contributed by atoms with Crippen molar-refractivity contribution >= 4 is 0 Å². The fourth-order valence-electron chi connectivity index (χ4n) is 2.28. The molecule has 1 fully saturated rings. The maximum absolute atomic E-state index is 9.46. The van der Waals surface area contributed by atoms with Crippen molar-refractivity contribution in [3.05, 3.63) is 36.7 Å². The van der Waals surface area contributed by atoms with Gasteiger partial charge in [0.1, 0.15) is 11.9 Å². The zero-order valence-corrected chi connectivity index (χ0v) is 11.1. The van der Waals surface area contributed by atoms with Crippen molar-refractivity contribution in [1.82, 2.24) is 15.3 Å². The number of hydrogen-bond donors (Lipinski definition) is 2. The average molecular weight is 271 g/mol. The van der Waals surface area contributed by atoms with Gasteiger partial charge in [-0.05, 0) is 31.5 Å². The average Bonchev–Trinajstić information content (AvgIpc) is 2.49. The maximum Gasteiger partial charge on any atom is 0.159 e. The molecule has 0 spiro atoms. The lowest BCUT2D eigenvalue weighted by Crippen LogP contribution is -2.37. The number of nitrogens with one attached hydrogen (secondary N) is 1. The van der Waals surface area contributed by atoms with Crippen molar-refractivity contribution in [3.63, 3.8) is 0 Å². The van der Waals surface area contributed by atoms with Crippen molar-refractivity contribution in [3.8, 4) is 22.9 Å². The number of ether oxygens (including phenoxy) is 1. The number of nitrogens with zero attached hydrogens (tertiary/aromatic N) is 2. The van der Waals surface area contributed by atoms with E-state index in [1.54, 1.807) is 30.6 Å². The highest BCUT2D eigenvalue weighted by atomic mass is 16.5. The zero-order valence-electron chi connectivity index (χ0n) is 11.1. The third-order valence-electron chi connectivity index (χ3n) is 3.29. The van der Waals surface area contributed by atoms with Gasteiger partial charge in [-0.1, -0.05) is 12.1 Å². The molecule has 2 aromatic rings. The molecule has 0 aliphatic carbocycles. The first-order valence-corrected chi connectivity index (χ1v) is 6.80. The van der Waals surface area contributed by atoms with Gasteiger partial charge in [0.2, 0.25) is 0 Å². The lowest BCUT2D eigenvalue weighted by atomic mass is 10.1. The van der Waals surface area contributed by atoms with Crippen LogP contribution in [0.25, 0.3) is 11.4 Å². The molecular formula is C15H17N3O2. The second-order valence-electron chi connectivity index (χ2n) is 4.88. The van der Waals surface area contributed by atoms with Crippen LogP contribution >= 0.6 is 0 Å². The summed E-state index contributed by atoms with van der Waals surface area (Å²) < 4.78 is 5.83. The molecule has 1 aliphatic heterocycles. The summed E-state index contributed by atoms with van der Waals surface area (Å²) in [6.45, 7) is 1.93. The topological polar surface area (TPSA) is 67.3 Å². The molecule has 1 saturated heterocycles. The molecule has 0 saturated carbocycles. The van der Waals surface area contributed by atoms with Crippen LogP contribution in [0.4, 0.5) is 0 Å². The first kappa shape index (κ1) is 12.9. The van der Waals surface area contributed by atoms with E-state index in [0.717, 1.165) is 31.5 Å². The van der Waals surface area contributed by atoms with Crippen LogP contribution in [-0.4, -0.2) is 34.3 Å². The zero-order chi connectivity index (χ0) is 13.8. The number of rotatable bonds is 3. The molecule has 0 amide bonds. The van der Waals surface area contributed by atoms with Gasteiger partial charge in [-0.3, -0.25) is 0 Å². The van der Waals surface area contributed by atoms with E-state index in [9.17, 15) is 5.11 Å². The molecule has 1 aromatic heterocycles. The van der Waals surface area contributed by atoms with E-state index in [1.807, 2.05) is 6.07 Å². The molecule has 0 bridgehead atoms. The van der Waals surface area contributed by atoms with E-state index in [-0.39, 0.29) is 11.9 Å². The molecule has 3 rings (SSSR count). The number of benzene rings is 1. The van der Waals surface area contributed by atoms with E-state index in [2.05, 4.69) is 15.3 Å². The summed E-state index contributed by atoms with van der Waals surface area (Å²) in [6, 6.07) is 6.89. The Hall–Kier alpha value is -2.14. The number of hydrogen-bond acceptors (Lipinski definition) is 5. The van der Waals surface area contributed by atoms with Gasteiger partial charge < -0.3 is 15.2 Å². The highest BCUT2D eigenvalue weighted by Crippen LogP contribution is 2.21. The highest BCUT2D eigenvalue weighted by molar-refractivity contribution is 5.57. The molecule has 1 atom stereocenters. The Bertz CT molecular complexity index is 566. The van der Waals surface area contributed by atoms with E-state index in [0.29, 0.717) is 11.6 Å². The van der Waals surface area contributed by atoms with E-state index in [1.165, 1.54) is 0 Å². The minimum atomic E-state index is 0.193. The van der Waals surface area contributed by atoms with Gasteiger partial charge in [-0.2, -0.15) is 0 Å². The predicted octanol–water partition coefficient (Wildman–Crippen LogP) is 1.98. The minimum absolute atomic E-state index is 0.193. The van der Waals surface area contributed by atoms with Gasteiger partial charge in [0.05, 0.1) is 12.4 Å². The van der Waals surface area contributed by atoms with Gasteiger partial charge in [0.15, 0.2) is 11.6 Å². The predicted molar refractivity (Wildman–Crippen MR) is 75.7 cm³/mol. The van der Waals surface area contributed by atoms with Crippen LogP contribution in [0.1, 0.15) is 12.8 Å². The van der Waals surface area contributed by atoms with Crippen molar-refractivity contribution < 1.29 is 9.84 Å². The number of aromatic nitrogens is 2. The fraction of sp³-hybridized carbons (Fsp3) is 0.333. The standard InChI is InChI=1S/C15H17N3O2/c19-12-4-1-3-11(7-12)15-17-9-14(10-18-15)20-13-5-2-6-16-8-13/h1,3-4,7,9-10,13,16,19H,2,5-6,8H2. The van der Waals surface area contributed by atoms with Gasteiger partial charge in [0, 0.05) is 12.1 Å². The lowest BCUT2D eigenvalue weighted by Gasteiger charge is -2.23. The van der Waals surface area contributed by atoms with Crippen LogP contribution in [0, 0.1) is 0 Å². The van der Waals surface area contributed by atoms with Crippen molar-refractivity contribution in [2.75, 3.05) is 13.1 Å².